The lowest BCUT2D eigenvalue weighted by molar-refractivity contribution is 0.593. The summed E-state index contributed by atoms with van der Waals surface area (Å²) >= 11 is 0. The summed E-state index contributed by atoms with van der Waals surface area (Å²) in [7, 11) is 0. The van der Waals surface area contributed by atoms with Crippen molar-refractivity contribution in [2.75, 3.05) is 9.80 Å². The molecule has 0 saturated heterocycles. The third-order valence-electron chi connectivity index (χ3n) is 14.8. The molecule has 0 saturated carbocycles. The topological polar surface area (TPSA) is 6.48 Å². The van der Waals surface area contributed by atoms with E-state index < -0.39 is 0 Å². The maximum Gasteiger partial charge on any atom is 0.0468 e. The number of anilines is 6. The van der Waals surface area contributed by atoms with Crippen LogP contribution in [0.3, 0.4) is 0 Å². The summed E-state index contributed by atoms with van der Waals surface area (Å²) in [6.07, 6.45) is 0. The molecule has 2 aliphatic rings. The van der Waals surface area contributed by atoms with Crippen LogP contribution in [0, 0.1) is 0 Å². The zero-order valence-electron chi connectivity index (χ0n) is 40.2. The highest BCUT2D eigenvalue weighted by Crippen LogP contribution is 2.54. The molecule has 11 rings (SSSR count). The molecule has 0 N–H and O–H groups in total. The molecule has 9 aromatic carbocycles. The first kappa shape index (κ1) is 41.8. The normalized spacial score (nSPS) is 14.5. The molecule has 9 aromatic rings. The van der Waals surface area contributed by atoms with Gasteiger partial charge in [-0.25, -0.2) is 0 Å². The minimum Gasteiger partial charge on any atom is -0.310 e. The molecule has 0 spiro atoms. The molecule has 0 amide bonds. The Kier molecular flexibility index (Phi) is 9.37. The van der Waals surface area contributed by atoms with Crippen molar-refractivity contribution >= 4 is 55.7 Å². The zero-order chi connectivity index (χ0) is 45.9. The van der Waals surface area contributed by atoms with Crippen LogP contribution < -0.4 is 9.80 Å². The van der Waals surface area contributed by atoms with Gasteiger partial charge in [0.15, 0.2) is 0 Å². The Labute approximate surface area is 392 Å². The molecule has 0 heterocycles. The van der Waals surface area contributed by atoms with Gasteiger partial charge in [0.1, 0.15) is 0 Å². The van der Waals surface area contributed by atoms with E-state index >= 15 is 0 Å². The molecule has 0 atom stereocenters. The van der Waals surface area contributed by atoms with E-state index in [1.165, 1.54) is 88.6 Å². The smallest absolute Gasteiger partial charge is 0.0468 e. The van der Waals surface area contributed by atoms with E-state index in [9.17, 15) is 0 Å². The first-order valence-electron chi connectivity index (χ1n) is 23.8. The lowest BCUT2D eigenvalue weighted by atomic mass is 9.74. The average molecular weight is 857 g/mol. The van der Waals surface area contributed by atoms with E-state index in [1.807, 2.05) is 0 Å². The molecule has 0 fully saturated rings. The van der Waals surface area contributed by atoms with Gasteiger partial charge in [-0.1, -0.05) is 178 Å². The lowest BCUT2D eigenvalue weighted by Crippen LogP contribution is -2.19. The van der Waals surface area contributed by atoms with Gasteiger partial charge in [-0.2, -0.15) is 0 Å². The molecule has 0 radical (unpaired) electrons. The van der Waals surface area contributed by atoms with Gasteiger partial charge in [-0.15, -0.1) is 0 Å². The Morgan fingerprint density at radius 3 is 1.00 bits per heavy atom. The quantitative estimate of drug-likeness (QED) is 0.154. The molecule has 0 aliphatic heterocycles. The fourth-order valence-electron chi connectivity index (χ4n) is 11.8. The second-order valence-corrected chi connectivity index (χ2v) is 21.9. The molecule has 2 aliphatic carbocycles. The van der Waals surface area contributed by atoms with Crippen LogP contribution >= 0.6 is 0 Å². The van der Waals surface area contributed by atoms with Crippen molar-refractivity contribution in [1.82, 2.24) is 0 Å². The molecule has 2 heteroatoms. The van der Waals surface area contributed by atoms with Gasteiger partial charge in [0.25, 0.3) is 0 Å². The number of hydrogen-bond donors (Lipinski definition) is 0. The van der Waals surface area contributed by atoms with Crippen molar-refractivity contribution in [2.45, 2.75) is 90.9 Å². The Bertz CT molecular complexity index is 3230. The Morgan fingerprint density at radius 2 is 0.606 bits per heavy atom. The van der Waals surface area contributed by atoms with Gasteiger partial charge >= 0.3 is 0 Å². The van der Waals surface area contributed by atoms with Crippen LogP contribution in [0.1, 0.15) is 103 Å². The van der Waals surface area contributed by atoms with Crippen LogP contribution in [0.15, 0.2) is 182 Å². The summed E-state index contributed by atoms with van der Waals surface area (Å²) in [5.74, 6) is 0. The summed E-state index contributed by atoms with van der Waals surface area (Å²) in [4.78, 5) is 4.92. The van der Waals surface area contributed by atoms with Crippen LogP contribution in [0.25, 0.3) is 43.8 Å². The predicted octanol–water partition coefficient (Wildman–Crippen LogP) is 18.1. The van der Waals surface area contributed by atoms with Gasteiger partial charge in [-0.3, -0.25) is 0 Å². The number of fused-ring (bicyclic) bond motifs is 8. The van der Waals surface area contributed by atoms with Crippen molar-refractivity contribution in [3.05, 3.63) is 215 Å². The fraction of sp³-hybridized carbons (Fsp3) is 0.219. The largest absolute Gasteiger partial charge is 0.310 e. The minimum absolute atomic E-state index is 0.131. The second kappa shape index (κ2) is 14.8. The molecular formula is C64H60N2. The molecule has 2 nitrogen and oxygen atoms in total. The first-order chi connectivity index (χ1) is 31.5. The highest BCUT2D eigenvalue weighted by Gasteiger charge is 2.38. The minimum atomic E-state index is -0.164. The van der Waals surface area contributed by atoms with Crippen LogP contribution in [0.4, 0.5) is 34.1 Å². The molecule has 0 unspecified atom stereocenters. The highest BCUT2D eigenvalue weighted by atomic mass is 15.1. The molecule has 326 valence electrons. The number of nitrogens with zero attached hydrogens (tertiary/aromatic N) is 2. The van der Waals surface area contributed by atoms with E-state index in [4.69, 9.17) is 0 Å². The van der Waals surface area contributed by atoms with Gasteiger partial charge < -0.3 is 9.80 Å². The Hall–Kier alpha value is -6.90. The van der Waals surface area contributed by atoms with Crippen LogP contribution in [0.5, 0.6) is 0 Å². The van der Waals surface area contributed by atoms with Crippen LogP contribution in [0.2, 0.25) is 0 Å². The van der Waals surface area contributed by atoms with Crippen molar-refractivity contribution in [3.8, 4) is 22.3 Å². The second-order valence-electron chi connectivity index (χ2n) is 21.9. The first-order valence-corrected chi connectivity index (χ1v) is 23.8. The Morgan fingerprint density at radius 1 is 0.288 bits per heavy atom. The van der Waals surface area contributed by atoms with Gasteiger partial charge in [0, 0.05) is 45.0 Å². The predicted molar refractivity (Wildman–Crippen MR) is 283 cm³/mol. The zero-order valence-corrected chi connectivity index (χ0v) is 40.2. The monoisotopic (exact) mass is 856 g/mol. The standard InChI is InChI=1S/C64H60N2/c1-61(2,3)59-52-36-32-44(38-54(52)60(62(4,5)6)51-35-31-43(37-53(51)59)65(41-21-13-11-14-22-41)42-23-15-12-16-24-42)66(45-29-33-49-47-25-17-19-27-55(47)63(7,8)57(49)39-45)46-30-34-50-48-26-18-20-28-56(48)64(9,10)58(50)40-46/h11-40H,1-10H3. The SMILES string of the molecule is CC(C)(C)c1c2ccc(N(c3ccc4c(c3)C(C)(C)c3ccccc3-4)c3ccc4c(c3)C(C)(C)c3ccccc3-4)cc2c(C(C)(C)C)c2ccc(N(c3ccccc3)c3ccccc3)cc12. The Balaban J connectivity index is 1.17. The summed E-state index contributed by atoms with van der Waals surface area (Å²) in [6.45, 7) is 23.8. The molecule has 66 heavy (non-hydrogen) atoms. The summed E-state index contributed by atoms with van der Waals surface area (Å²) in [6, 6.07) is 68.4. The van der Waals surface area contributed by atoms with E-state index in [2.05, 4.69) is 261 Å². The van der Waals surface area contributed by atoms with Crippen molar-refractivity contribution in [1.29, 1.82) is 0 Å². The van der Waals surface area contributed by atoms with E-state index in [1.54, 1.807) is 0 Å². The summed E-state index contributed by atoms with van der Waals surface area (Å²) in [5, 5.41) is 5.23. The third kappa shape index (κ3) is 6.44. The highest BCUT2D eigenvalue weighted by molar-refractivity contribution is 6.10. The van der Waals surface area contributed by atoms with Crippen molar-refractivity contribution < 1.29 is 0 Å². The fourth-order valence-corrected chi connectivity index (χ4v) is 11.8. The molecular weight excluding hydrogens is 797 g/mol. The molecule has 0 aromatic heterocycles. The summed E-state index contributed by atoms with van der Waals surface area (Å²) < 4.78 is 0. The maximum absolute atomic E-state index is 2.53. The number of benzene rings is 9. The number of para-hydroxylation sites is 2. The third-order valence-corrected chi connectivity index (χ3v) is 14.8. The van der Waals surface area contributed by atoms with Gasteiger partial charge in [-0.05, 0) is 161 Å². The van der Waals surface area contributed by atoms with Gasteiger partial charge in [0.05, 0.1) is 0 Å². The van der Waals surface area contributed by atoms with E-state index in [0.717, 1.165) is 22.7 Å². The van der Waals surface area contributed by atoms with Crippen LogP contribution in [-0.4, -0.2) is 0 Å². The maximum atomic E-state index is 2.53. The number of rotatable bonds is 6. The van der Waals surface area contributed by atoms with E-state index in [0.29, 0.717) is 0 Å². The summed E-state index contributed by atoms with van der Waals surface area (Å²) in [5.41, 5.74) is 19.9. The van der Waals surface area contributed by atoms with Crippen LogP contribution in [-0.2, 0) is 21.7 Å². The van der Waals surface area contributed by atoms with E-state index in [-0.39, 0.29) is 21.7 Å². The van der Waals surface area contributed by atoms with Gasteiger partial charge in [0.2, 0.25) is 0 Å². The lowest BCUT2D eigenvalue weighted by Gasteiger charge is -2.33. The van der Waals surface area contributed by atoms with Crippen molar-refractivity contribution in [3.63, 3.8) is 0 Å². The van der Waals surface area contributed by atoms with Crippen molar-refractivity contribution in [2.24, 2.45) is 0 Å². The average Bonchev–Trinajstić information content (AvgIpc) is 3.67. The number of hydrogen-bond acceptors (Lipinski definition) is 2. The molecule has 0 bridgehead atoms.